The fourth-order valence-electron chi connectivity index (χ4n) is 3.72. The Bertz CT molecular complexity index is 621. The van der Waals surface area contributed by atoms with Crippen molar-refractivity contribution < 1.29 is 18.0 Å². The Hall–Kier alpha value is -1.43. The van der Waals surface area contributed by atoms with Crippen molar-refractivity contribution in [3.05, 3.63) is 28.8 Å². The number of hydrogen-bond donors (Lipinski definition) is 0. The molecule has 138 valence electrons. The molecule has 1 aromatic carbocycles. The SMILES string of the molecule is O=C(C1CCCCC1)N1CCN(c2ccc(Cl)c(C(F)(F)F)c2)CC1. The lowest BCUT2D eigenvalue weighted by Gasteiger charge is -2.38. The van der Waals surface area contributed by atoms with E-state index in [1.54, 1.807) is 6.07 Å². The molecule has 7 heteroatoms. The first-order valence-corrected chi connectivity index (χ1v) is 9.14. The van der Waals surface area contributed by atoms with Gasteiger partial charge in [-0.25, -0.2) is 0 Å². The first-order valence-electron chi connectivity index (χ1n) is 8.77. The molecule has 1 heterocycles. The maximum absolute atomic E-state index is 13.0. The van der Waals surface area contributed by atoms with Crippen LogP contribution in [-0.4, -0.2) is 37.0 Å². The van der Waals surface area contributed by atoms with E-state index in [-0.39, 0.29) is 16.8 Å². The molecule has 3 rings (SSSR count). The van der Waals surface area contributed by atoms with E-state index in [0.29, 0.717) is 31.9 Å². The molecule has 0 bridgehead atoms. The Kier molecular flexibility index (Phi) is 5.46. The summed E-state index contributed by atoms with van der Waals surface area (Å²) in [5, 5.41) is -0.289. The van der Waals surface area contributed by atoms with Crippen LogP contribution in [-0.2, 0) is 11.0 Å². The van der Waals surface area contributed by atoms with E-state index in [9.17, 15) is 18.0 Å². The molecule has 0 atom stereocenters. The molecule has 2 aliphatic rings. The van der Waals surface area contributed by atoms with Crippen molar-refractivity contribution in [2.45, 2.75) is 38.3 Å². The Morgan fingerprint density at radius 3 is 2.28 bits per heavy atom. The molecule has 1 aliphatic carbocycles. The summed E-state index contributed by atoms with van der Waals surface area (Å²) in [4.78, 5) is 16.3. The van der Waals surface area contributed by atoms with Crippen LogP contribution in [0, 0.1) is 5.92 Å². The van der Waals surface area contributed by atoms with Crippen LogP contribution in [0.5, 0.6) is 0 Å². The molecular weight excluding hydrogens is 353 g/mol. The van der Waals surface area contributed by atoms with Gasteiger partial charge in [-0.3, -0.25) is 4.79 Å². The Morgan fingerprint density at radius 1 is 1.04 bits per heavy atom. The summed E-state index contributed by atoms with van der Waals surface area (Å²) in [7, 11) is 0. The average Bonchev–Trinajstić information content (AvgIpc) is 2.61. The van der Waals surface area contributed by atoms with Crippen LogP contribution in [0.3, 0.4) is 0 Å². The van der Waals surface area contributed by atoms with Crippen LogP contribution in [0.25, 0.3) is 0 Å². The number of anilines is 1. The number of benzene rings is 1. The van der Waals surface area contributed by atoms with Gasteiger partial charge >= 0.3 is 6.18 Å². The smallest absolute Gasteiger partial charge is 0.368 e. The normalized spacial score (nSPS) is 20.0. The molecule has 1 saturated heterocycles. The van der Waals surface area contributed by atoms with Crippen LogP contribution in [0.1, 0.15) is 37.7 Å². The highest BCUT2D eigenvalue weighted by atomic mass is 35.5. The second-order valence-corrected chi connectivity index (χ2v) is 7.22. The highest BCUT2D eigenvalue weighted by Crippen LogP contribution is 2.37. The molecule has 2 fully saturated rings. The summed E-state index contributed by atoms with van der Waals surface area (Å²) in [5.74, 6) is 0.346. The van der Waals surface area contributed by atoms with E-state index in [0.717, 1.165) is 31.7 Å². The third-order valence-corrected chi connectivity index (χ3v) is 5.50. The number of carbonyl (C=O) groups excluding carboxylic acids is 1. The van der Waals surface area contributed by atoms with Gasteiger partial charge in [-0.15, -0.1) is 0 Å². The molecule has 1 aliphatic heterocycles. The molecule has 0 spiro atoms. The molecule has 1 amide bonds. The monoisotopic (exact) mass is 374 g/mol. The van der Waals surface area contributed by atoms with Gasteiger partial charge in [0, 0.05) is 37.8 Å². The lowest BCUT2D eigenvalue weighted by atomic mass is 9.88. The maximum atomic E-state index is 13.0. The number of carbonyl (C=O) groups is 1. The van der Waals surface area contributed by atoms with Gasteiger partial charge in [0.2, 0.25) is 5.91 Å². The summed E-state index contributed by atoms with van der Waals surface area (Å²) in [6.45, 7) is 2.19. The molecule has 3 nitrogen and oxygen atoms in total. The van der Waals surface area contributed by atoms with E-state index >= 15 is 0 Å². The summed E-state index contributed by atoms with van der Waals surface area (Å²) in [5.41, 5.74) is -0.311. The largest absolute Gasteiger partial charge is 0.417 e. The third-order valence-electron chi connectivity index (χ3n) is 5.17. The van der Waals surface area contributed by atoms with Crippen LogP contribution >= 0.6 is 11.6 Å². The van der Waals surface area contributed by atoms with Crippen molar-refractivity contribution in [2.24, 2.45) is 5.92 Å². The minimum atomic E-state index is -4.47. The van der Waals surface area contributed by atoms with Crippen molar-refractivity contribution in [3.63, 3.8) is 0 Å². The van der Waals surface area contributed by atoms with E-state index in [2.05, 4.69) is 0 Å². The quantitative estimate of drug-likeness (QED) is 0.756. The van der Waals surface area contributed by atoms with Gasteiger partial charge in [0.15, 0.2) is 0 Å². The van der Waals surface area contributed by atoms with E-state index in [1.807, 2.05) is 9.80 Å². The number of hydrogen-bond acceptors (Lipinski definition) is 2. The van der Waals surface area contributed by atoms with Crippen molar-refractivity contribution in [3.8, 4) is 0 Å². The summed E-state index contributed by atoms with van der Waals surface area (Å²) in [6.07, 6.45) is 0.889. The Balaban J connectivity index is 1.63. The Labute approximate surface area is 150 Å². The number of halogens is 4. The minimum Gasteiger partial charge on any atom is -0.368 e. The van der Waals surface area contributed by atoms with Gasteiger partial charge in [-0.2, -0.15) is 13.2 Å². The number of amides is 1. The van der Waals surface area contributed by atoms with Crippen LogP contribution < -0.4 is 4.90 Å². The minimum absolute atomic E-state index is 0.132. The fraction of sp³-hybridized carbons (Fsp3) is 0.611. The summed E-state index contributed by atoms with van der Waals surface area (Å²) < 4.78 is 39.0. The maximum Gasteiger partial charge on any atom is 0.417 e. The average molecular weight is 375 g/mol. The van der Waals surface area contributed by atoms with E-state index in [1.165, 1.54) is 12.5 Å². The number of alkyl halides is 3. The lowest BCUT2D eigenvalue weighted by molar-refractivity contribution is -0.137. The molecular formula is C18H22ClF3N2O. The zero-order chi connectivity index (χ0) is 18.0. The summed E-state index contributed by atoms with van der Waals surface area (Å²) >= 11 is 5.68. The molecule has 1 saturated carbocycles. The van der Waals surface area contributed by atoms with Gasteiger partial charge in [0.05, 0.1) is 10.6 Å². The van der Waals surface area contributed by atoms with Crippen molar-refractivity contribution in [1.29, 1.82) is 0 Å². The van der Waals surface area contributed by atoms with Gasteiger partial charge in [-0.1, -0.05) is 30.9 Å². The van der Waals surface area contributed by atoms with E-state index in [4.69, 9.17) is 11.6 Å². The third kappa shape index (κ3) is 4.22. The van der Waals surface area contributed by atoms with Gasteiger partial charge < -0.3 is 9.80 Å². The van der Waals surface area contributed by atoms with E-state index < -0.39 is 11.7 Å². The lowest BCUT2D eigenvalue weighted by Crippen LogP contribution is -2.50. The van der Waals surface area contributed by atoms with Gasteiger partial charge in [0.1, 0.15) is 0 Å². The molecule has 25 heavy (non-hydrogen) atoms. The first kappa shape index (κ1) is 18.4. The van der Waals surface area contributed by atoms with Crippen LogP contribution in [0.4, 0.5) is 18.9 Å². The number of piperazine rings is 1. The highest BCUT2D eigenvalue weighted by molar-refractivity contribution is 6.31. The molecule has 1 aromatic rings. The standard InChI is InChI=1S/C18H22ClF3N2O/c19-16-7-6-14(12-15(16)18(20,21)22)23-8-10-24(11-9-23)17(25)13-4-2-1-3-5-13/h6-7,12-13H,1-5,8-11H2. The zero-order valence-electron chi connectivity index (χ0n) is 14.0. The van der Waals surface area contributed by atoms with Crippen LogP contribution in [0.2, 0.25) is 5.02 Å². The summed E-state index contributed by atoms with van der Waals surface area (Å²) in [6, 6.07) is 4.00. The highest BCUT2D eigenvalue weighted by Gasteiger charge is 2.34. The van der Waals surface area contributed by atoms with Crippen molar-refractivity contribution in [2.75, 3.05) is 31.1 Å². The number of rotatable bonds is 2. The topological polar surface area (TPSA) is 23.6 Å². The zero-order valence-corrected chi connectivity index (χ0v) is 14.7. The molecule has 0 radical (unpaired) electrons. The van der Waals surface area contributed by atoms with Crippen LogP contribution in [0.15, 0.2) is 18.2 Å². The number of nitrogens with zero attached hydrogens (tertiary/aromatic N) is 2. The van der Waals surface area contributed by atoms with Gasteiger partial charge in [-0.05, 0) is 31.0 Å². The second kappa shape index (κ2) is 7.44. The predicted molar refractivity (Wildman–Crippen MR) is 91.8 cm³/mol. The molecule has 0 unspecified atom stereocenters. The second-order valence-electron chi connectivity index (χ2n) is 6.81. The first-order chi connectivity index (χ1) is 11.9. The van der Waals surface area contributed by atoms with Gasteiger partial charge in [0.25, 0.3) is 0 Å². The molecule has 0 aromatic heterocycles. The predicted octanol–water partition coefficient (Wildman–Crippen LogP) is 4.59. The Morgan fingerprint density at radius 2 is 1.68 bits per heavy atom. The molecule has 0 N–H and O–H groups in total. The fourth-order valence-corrected chi connectivity index (χ4v) is 3.94. The van der Waals surface area contributed by atoms with Crippen molar-refractivity contribution >= 4 is 23.2 Å². The van der Waals surface area contributed by atoms with Crippen molar-refractivity contribution in [1.82, 2.24) is 4.90 Å².